The van der Waals surface area contributed by atoms with Gasteiger partial charge in [0.15, 0.2) is 5.78 Å². The van der Waals surface area contributed by atoms with E-state index in [1.807, 2.05) is 30.5 Å². The molecule has 0 saturated heterocycles. The number of rotatable bonds is 5. The summed E-state index contributed by atoms with van der Waals surface area (Å²) in [5.41, 5.74) is 2.27. The van der Waals surface area contributed by atoms with E-state index in [0.29, 0.717) is 16.3 Å². The quantitative estimate of drug-likeness (QED) is 0.710. The smallest absolute Gasteiger partial charge is 0.174 e. The number of carbonyl (C=O) groups is 1. The molecule has 1 nitrogen and oxygen atoms in total. The molecule has 0 N–H and O–H groups in total. The average molecular weight is 279 g/mol. The van der Waals surface area contributed by atoms with Gasteiger partial charge in [-0.1, -0.05) is 41.9 Å². The van der Waals surface area contributed by atoms with Crippen molar-refractivity contribution in [3.63, 3.8) is 0 Å². The van der Waals surface area contributed by atoms with E-state index in [2.05, 4.69) is 12.1 Å². The maximum Gasteiger partial charge on any atom is 0.174 e. The molecule has 0 aliphatic heterocycles. The van der Waals surface area contributed by atoms with Gasteiger partial charge in [0.25, 0.3) is 0 Å². The van der Waals surface area contributed by atoms with Crippen LogP contribution in [0.25, 0.3) is 0 Å². The van der Waals surface area contributed by atoms with Gasteiger partial charge in [-0.3, -0.25) is 4.79 Å². The van der Waals surface area contributed by atoms with Crippen molar-refractivity contribution in [3.05, 3.63) is 56.7 Å². The van der Waals surface area contributed by atoms with Crippen LogP contribution in [0.1, 0.15) is 33.6 Å². The summed E-state index contributed by atoms with van der Waals surface area (Å²) in [7, 11) is 0. The lowest BCUT2D eigenvalue weighted by Crippen LogP contribution is -1.98. The molecule has 2 aromatic rings. The zero-order valence-electron chi connectivity index (χ0n) is 10.3. The second kappa shape index (κ2) is 6.17. The fraction of sp³-hybridized carbons (Fsp3) is 0.267. The van der Waals surface area contributed by atoms with Crippen LogP contribution in [-0.2, 0) is 6.42 Å². The van der Waals surface area contributed by atoms with E-state index < -0.39 is 0 Å². The highest BCUT2D eigenvalue weighted by atomic mass is 35.5. The number of carbonyl (C=O) groups excluding carboxylic acids is 1. The Bertz CT molecular complexity index is 531. The predicted molar refractivity (Wildman–Crippen MR) is 77.8 cm³/mol. The second-order valence-electron chi connectivity index (χ2n) is 4.32. The Morgan fingerprint density at radius 3 is 2.61 bits per heavy atom. The van der Waals surface area contributed by atoms with Crippen LogP contribution in [0.3, 0.4) is 0 Å². The molecule has 0 aliphatic rings. The SMILES string of the molecule is Cc1csc(C(=O)CCCc2ccccc2)c1Cl. The minimum Gasteiger partial charge on any atom is -0.293 e. The second-order valence-corrected chi connectivity index (χ2v) is 5.58. The van der Waals surface area contributed by atoms with E-state index in [1.54, 1.807) is 0 Å². The van der Waals surface area contributed by atoms with E-state index in [9.17, 15) is 4.79 Å². The van der Waals surface area contributed by atoms with Gasteiger partial charge in [-0.2, -0.15) is 0 Å². The van der Waals surface area contributed by atoms with Gasteiger partial charge in [0.05, 0.1) is 9.90 Å². The third kappa shape index (κ3) is 3.21. The molecule has 0 unspecified atom stereocenters. The fourth-order valence-electron chi connectivity index (χ4n) is 1.83. The van der Waals surface area contributed by atoms with Crippen molar-refractivity contribution in [2.75, 3.05) is 0 Å². The Morgan fingerprint density at radius 2 is 2.00 bits per heavy atom. The minimum absolute atomic E-state index is 0.161. The van der Waals surface area contributed by atoms with Crippen molar-refractivity contribution < 1.29 is 4.79 Å². The van der Waals surface area contributed by atoms with Gasteiger partial charge in [0.2, 0.25) is 0 Å². The first-order chi connectivity index (χ1) is 8.68. The monoisotopic (exact) mass is 278 g/mol. The Labute approximate surface area is 116 Å². The first kappa shape index (κ1) is 13.3. The lowest BCUT2D eigenvalue weighted by Gasteiger charge is -2.01. The van der Waals surface area contributed by atoms with Crippen LogP contribution in [0.4, 0.5) is 0 Å². The number of benzene rings is 1. The summed E-state index contributed by atoms with van der Waals surface area (Å²) in [6.07, 6.45) is 2.37. The normalized spacial score (nSPS) is 10.6. The molecule has 18 heavy (non-hydrogen) atoms. The number of hydrogen-bond acceptors (Lipinski definition) is 2. The summed E-state index contributed by atoms with van der Waals surface area (Å²) < 4.78 is 0. The van der Waals surface area contributed by atoms with Crippen LogP contribution >= 0.6 is 22.9 Å². The summed E-state index contributed by atoms with van der Waals surface area (Å²) in [6.45, 7) is 1.93. The first-order valence-electron chi connectivity index (χ1n) is 5.99. The van der Waals surface area contributed by atoms with Crippen molar-refractivity contribution >= 4 is 28.7 Å². The molecule has 0 amide bonds. The van der Waals surface area contributed by atoms with E-state index in [-0.39, 0.29) is 5.78 Å². The van der Waals surface area contributed by atoms with Crippen LogP contribution in [0, 0.1) is 6.92 Å². The third-order valence-corrected chi connectivity index (χ3v) is 4.60. The van der Waals surface area contributed by atoms with Crippen molar-refractivity contribution in [2.45, 2.75) is 26.2 Å². The Hall–Kier alpha value is -1.12. The van der Waals surface area contributed by atoms with Gasteiger partial charge in [0, 0.05) is 6.42 Å². The summed E-state index contributed by atoms with van der Waals surface area (Å²) in [5.74, 6) is 0.161. The van der Waals surface area contributed by atoms with Gasteiger partial charge in [0.1, 0.15) is 0 Å². The van der Waals surface area contributed by atoms with Crippen LogP contribution in [-0.4, -0.2) is 5.78 Å². The molecule has 0 saturated carbocycles. The summed E-state index contributed by atoms with van der Waals surface area (Å²) >= 11 is 7.54. The van der Waals surface area contributed by atoms with E-state index in [1.165, 1.54) is 16.9 Å². The maximum atomic E-state index is 12.0. The van der Waals surface area contributed by atoms with E-state index >= 15 is 0 Å². The Balaban J connectivity index is 1.88. The molecule has 94 valence electrons. The van der Waals surface area contributed by atoms with E-state index in [4.69, 9.17) is 11.6 Å². The molecule has 1 aromatic heterocycles. The fourth-order valence-corrected chi connectivity index (χ4v) is 3.10. The Morgan fingerprint density at radius 1 is 1.28 bits per heavy atom. The summed E-state index contributed by atoms with van der Waals surface area (Å²) in [6, 6.07) is 10.2. The lowest BCUT2D eigenvalue weighted by atomic mass is 10.1. The van der Waals surface area contributed by atoms with Gasteiger partial charge in [-0.05, 0) is 36.3 Å². The zero-order chi connectivity index (χ0) is 13.0. The van der Waals surface area contributed by atoms with Crippen molar-refractivity contribution in [1.82, 2.24) is 0 Å². The van der Waals surface area contributed by atoms with E-state index in [0.717, 1.165) is 18.4 Å². The molecule has 2 rings (SSSR count). The molecular weight excluding hydrogens is 264 g/mol. The topological polar surface area (TPSA) is 17.1 Å². The largest absolute Gasteiger partial charge is 0.293 e. The van der Waals surface area contributed by atoms with Crippen LogP contribution in [0.2, 0.25) is 5.02 Å². The first-order valence-corrected chi connectivity index (χ1v) is 7.25. The molecular formula is C15H15ClOS. The number of halogens is 1. The van der Waals surface area contributed by atoms with Gasteiger partial charge in [-0.15, -0.1) is 11.3 Å². The maximum absolute atomic E-state index is 12.0. The number of Topliss-reactive ketones (excluding diaryl/α,β-unsaturated/α-hetero) is 1. The summed E-state index contributed by atoms with van der Waals surface area (Å²) in [4.78, 5) is 12.7. The molecule has 0 radical (unpaired) electrons. The van der Waals surface area contributed by atoms with Gasteiger partial charge in [-0.25, -0.2) is 0 Å². The predicted octanol–water partition coefficient (Wildman–Crippen LogP) is 4.92. The number of thiophene rings is 1. The minimum atomic E-state index is 0.161. The molecule has 0 atom stereocenters. The summed E-state index contributed by atoms with van der Waals surface area (Å²) in [5, 5.41) is 2.57. The van der Waals surface area contributed by atoms with Gasteiger partial charge >= 0.3 is 0 Å². The van der Waals surface area contributed by atoms with Crippen molar-refractivity contribution in [2.24, 2.45) is 0 Å². The molecule has 0 bridgehead atoms. The van der Waals surface area contributed by atoms with Crippen LogP contribution < -0.4 is 0 Å². The number of aryl methyl sites for hydroxylation is 2. The van der Waals surface area contributed by atoms with Crippen LogP contribution in [0.15, 0.2) is 35.7 Å². The molecule has 0 spiro atoms. The molecule has 0 aliphatic carbocycles. The highest BCUT2D eigenvalue weighted by Gasteiger charge is 2.13. The lowest BCUT2D eigenvalue weighted by molar-refractivity contribution is 0.0984. The van der Waals surface area contributed by atoms with Crippen molar-refractivity contribution in [3.8, 4) is 0 Å². The number of hydrogen-bond donors (Lipinski definition) is 0. The molecule has 1 aromatic carbocycles. The highest BCUT2D eigenvalue weighted by Crippen LogP contribution is 2.28. The Kier molecular flexibility index (Phi) is 4.56. The molecule has 0 fully saturated rings. The standard InChI is InChI=1S/C15H15ClOS/c1-11-10-18-15(14(11)16)13(17)9-5-8-12-6-3-2-4-7-12/h2-4,6-7,10H,5,8-9H2,1H3. The highest BCUT2D eigenvalue weighted by molar-refractivity contribution is 7.13. The zero-order valence-corrected chi connectivity index (χ0v) is 11.9. The molecule has 3 heteroatoms. The van der Waals surface area contributed by atoms with Crippen molar-refractivity contribution in [1.29, 1.82) is 0 Å². The average Bonchev–Trinajstić information content (AvgIpc) is 2.71. The third-order valence-electron chi connectivity index (χ3n) is 2.86. The number of ketones is 1. The van der Waals surface area contributed by atoms with Crippen LogP contribution in [0.5, 0.6) is 0 Å². The molecule has 1 heterocycles. The van der Waals surface area contributed by atoms with Gasteiger partial charge < -0.3 is 0 Å².